The van der Waals surface area contributed by atoms with E-state index in [1.54, 1.807) is 6.07 Å². The van der Waals surface area contributed by atoms with Gasteiger partial charge in [-0.1, -0.05) is 12.1 Å². The Morgan fingerprint density at radius 3 is 2.93 bits per heavy atom. The van der Waals surface area contributed by atoms with E-state index in [0.717, 1.165) is 0 Å². The first-order valence-electron chi connectivity index (χ1n) is 3.85. The van der Waals surface area contributed by atoms with Crippen LogP contribution in [0.3, 0.4) is 0 Å². The maximum atomic E-state index is 12.8. The van der Waals surface area contributed by atoms with Crippen molar-refractivity contribution in [1.29, 1.82) is 0 Å². The molecule has 0 aliphatic rings. The molecular formula is C9H5FN2O2. The van der Waals surface area contributed by atoms with Gasteiger partial charge in [0, 0.05) is 5.56 Å². The average Bonchev–Trinajstić information content (AvgIpc) is 2.65. The first-order valence-corrected chi connectivity index (χ1v) is 3.85. The lowest BCUT2D eigenvalue weighted by Crippen LogP contribution is -1.86. The second kappa shape index (κ2) is 3.37. The fourth-order valence-corrected chi connectivity index (χ4v) is 1.11. The monoisotopic (exact) mass is 192 g/mol. The van der Waals surface area contributed by atoms with Crippen LogP contribution in [0.25, 0.3) is 11.3 Å². The highest BCUT2D eigenvalue weighted by Crippen LogP contribution is 2.19. The van der Waals surface area contributed by atoms with Gasteiger partial charge in [-0.05, 0) is 22.4 Å². The molecule has 0 fully saturated rings. The van der Waals surface area contributed by atoms with E-state index in [9.17, 15) is 9.18 Å². The fraction of sp³-hybridized carbons (Fsp3) is 0. The smallest absolute Gasteiger partial charge is 0.175 e. The van der Waals surface area contributed by atoms with Gasteiger partial charge in [0.1, 0.15) is 11.5 Å². The SMILES string of the molecule is O=Cc1nonc1-c1cccc(F)c1. The van der Waals surface area contributed by atoms with Crippen LogP contribution in [-0.2, 0) is 0 Å². The van der Waals surface area contributed by atoms with Crippen LogP contribution < -0.4 is 0 Å². The standard InChI is InChI=1S/C9H5FN2O2/c10-7-3-1-2-6(4-7)9-8(5-13)11-14-12-9/h1-5H. The lowest BCUT2D eigenvalue weighted by molar-refractivity contribution is 0.111. The minimum atomic E-state index is -0.401. The Balaban J connectivity index is 2.54. The summed E-state index contributed by atoms with van der Waals surface area (Å²) < 4.78 is 17.2. The lowest BCUT2D eigenvalue weighted by atomic mass is 10.1. The van der Waals surface area contributed by atoms with Crippen LogP contribution in [0.5, 0.6) is 0 Å². The third-order valence-corrected chi connectivity index (χ3v) is 1.72. The van der Waals surface area contributed by atoms with E-state index >= 15 is 0 Å². The maximum Gasteiger partial charge on any atom is 0.175 e. The van der Waals surface area contributed by atoms with Crippen LogP contribution >= 0.6 is 0 Å². The quantitative estimate of drug-likeness (QED) is 0.679. The summed E-state index contributed by atoms with van der Waals surface area (Å²) in [5, 5.41) is 6.88. The van der Waals surface area contributed by atoms with Crippen molar-refractivity contribution in [3.05, 3.63) is 35.8 Å². The largest absolute Gasteiger partial charge is 0.296 e. The molecule has 0 saturated carbocycles. The van der Waals surface area contributed by atoms with Crippen molar-refractivity contribution in [1.82, 2.24) is 10.3 Å². The molecule has 0 spiro atoms. The van der Waals surface area contributed by atoms with Crippen LogP contribution in [0.2, 0.25) is 0 Å². The molecule has 5 heteroatoms. The van der Waals surface area contributed by atoms with Crippen molar-refractivity contribution < 1.29 is 13.8 Å². The molecule has 70 valence electrons. The molecule has 2 aromatic rings. The van der Waals surface area contributed by atoms with Crippen molar-refractivity contribution >= 4 is 6.29 Å². The second-order valence-corrected chi connectivity index (χ2v) is 2.63. The highest BCUT2D eigenvalue weighted by atomic mass is 19.1. The van der Waals surface area contributed by atoms with E-state index in [-0.39, 0.29) is 11.4 Å². The van der Waals surface area contributed by atoms with E-state index in [0.29, 0.717) is 11.8 Å². The first kappa shape index (κ1) is 8.55. The molecule has 0 aliphatic heterocycles. The van der Waals surface area contributed by atoms with Crippen LogP contribution in [-0.4, -0.2) is 16.6 Å². The highest BCUT2D eigenvalue weighted by Gasteiger charge is 2.11. The summed E-state index contributed by atoms with van der Waals surface area (Å²) >= 11 is 0. The van der Waals surface area contributed by atoms with Gasteiger partial charge in [0.15, 0.2) is 12.0 Å². The molecule has 0 saturated heterocycles. The summed E-state index contributed by atoms with van der Waals surface area (Å²) in [4.78, 5) is 10.5. The Hall–Kier alpha value is -2.04. The van der Waals surface area contributed by atoms with Crippen molar-refractivity contribution in [3.63, 3.8) is 0 Å². The molecule has 0 aliphatic carbocycles. The molecule has 1 aromatic carbocycles. The number of aromatic nitrogens is 2. The lowest BCUT2D eigenvalue weighted by Gasteiger charge is -1.94. The Bertz CT molecular complexity index is 467. The molecule has 0 atom stereocenters. The third-order valence-electron chi connectivity index (χ3n) is 1.72. The fourth-order valence-electron chi connectivity index (χ4n) is 1.11. The molecule has 4 nitrogen and oxygen atoms in total. The topological polar surface area (TPSA) is 56.0 Å². The number of hydrogen-bond acceptors (Lipinski definition) is 4. The predicted molar refractivity (Wildman–Crippen MR) is 45.1 cm³/mol. The van der Waals surface area contributed by atoms with E-state index in [4.69, 9.17) is 0 Å². The molecule has 0 bridgehead atoms. The number of rotatable bonds is 2. The van der Waals surface area contributed by atoms with E-state index in [1.165, 1.54) is 18.2 Å². The zero-order valence-corrected chi connectivity index (χ0v) is 6.98. The molecule has 2 rings (SSSR count). The molecule has 14 heavy (non-hydrogen) atoms. The molecule has 1 heterocycles. The molecule has 1 aromatic heterocycles. The molecule has 0 amide bonds. The maximum absolute atomic E-state index is 12.8. The summed E-state index contributed by atoms with van der Waals surface area (Å²) in [5.74, 6) is -0.401. The zero-order valence-electron chi connectivity index (χ0n) is 6.98. The number of aldehydes is 1. The minimum Gasteiger partial charge on any atom is -0.296 e. The highest BCUT2D eigenvalue weighted by molar-refractivity contribution is 5.82. The van der Waals surface area contributed by atoms with E-state index in [1.807, 2.05) is 0 Å². The van der Waals surface area contributed by atoms with Crippen molar-refractivity contribution in [2.45, 2.75) is 0 Å². The summed E-state index contributed by atoms with van der Waals surface area (Å²) in [6.07, 6.45) is 0.511. The third kappa shape index (κ3) is 1.39. The number of benzene rings is 1. The van der Waals surface area contributed by atoms with Crippen molar-refractivity contribution in [2.24, 2.45) is 0 Å². The van der Waals surface area contributed by atoms with Gasteiger partial charge in [-0.2, -0.15) is 0 Å². The van der Waals surface area contributed by atoms with Crippen LogP contribution in [0.15, 0.2) is 28.9 Å². The van der Waals surface area contributed by atoms with Crippen LogP contribution in [0.1, 0.15) is 10.5 Å². The minimum absolute atomic E-state index is 0.0654. The molecule has 0 unspecified atom stereocenters. The van der Waals surface area contributed by atoms with Gasteiger partial charge in [-0.3, -0.25) is 4.79 Å². The van der Waals surface area contributed by atoms with Gasteiger partial charge in [-0.25, -0.2) is 9.02 Å². The number of halogens is 1. The Morgan fingerprint density at radius 2 is 2.21 bits per heavy atom. The van der Waals surface area contributed by atoms with Crippen LogP contribution in [0.4, 0.5) is 4.39 Å². The average molecular weight is 192 g/mol. The van der Waals surface area contributed by atoms with Crippen molar-refractivity contribution in [3.8, 4) is 11.3 Å². The van der Waals surface area contributed by atoms with Gasteiger partial charge in [0.25, 0.3) is 0 Å². The molecule has 0 N–H and O–H groups in total. The van der Waals surface area contributed by atoms with Gasteiger partial charge < -0.3 is 0 Å². The Kier molecular flexibility index (Phi) is 2.06. The second-order valence-electron chi connectivity index (χ2n) is 2.63. The Labute approximate surface area is 78.3 Å². The zero-order chi connectivity index (χ0) is 9.97. The van der Waals surface area contributed by atoms with Crippen LogP contribution in [0, 0.1) is 5.82 Å². The van der Waals surface area contributed by atoms with Gasteiger partial charge in [0.2, 0.25) is 0 Å². The van der Waals surface area contributed by atoms with Crippen molar-refractivity contribution in [2.75, 3.05) is 0 Å². The van der Waals surface area contributed by atoms with E-state index in [2.05, 4.69) is 14.9 Å². The normalized spacial score (nSPS) is 10.1. The number of carbonyl (C=O) groups is 1. The predicted octanol–water partition coefficient (Wildman–Crippen LogP) is 1.69. The summed E-state index contributed by atoms with van der Waals surface area (Å²) in [6.45, 7) is 0. The number of carbonyl (C=O) groups excluding carboxylic acids is 1. The molecular weight excluding hydrogens is 187 g/mol. The summed E-state index contributed by atoms with van der Waals surface area (Å²) in [5.41, 5.74) is 0.781. The Morgan fingerprint density at radius 1 is 1.36 bits per heavy atom. The molecule has 0 radical (unpaired) electrons. The van der Waals surface area contributed by atoms with Gasteiger partial charge >= 0.3 is 0 Å². The van der Waals surface area contributed by atoms with Gasteiger partial charge in [-0.15, -0.1) is 0 Å². The van der Waals surface area contributed by atoms with Gasteiger partial charge in [0.05, 0.1) is 0 Å². The summed E-state index contributed by atoms with van der Waals surface area (Å²) in [6, 6.07) is 5.70. The number of hydrogen-bond donors (Lipinski definition) is 0. The summed E-state index contributed by atoms with van der Waals surface area (Å²) in [7, 11) is 0. The first-order chi connectivity index (χ1) is 6.81. The number of nitrogens with zero attached hydrogens (tertiary/aromatic N) is 2. The van der Waals surface area contributed by atoms with E-state index < -0.39 is 5.82 Å².